The first kappa shape index (κ1) is 13.5. The molecule has 1 aliphatic heterocycles. The molecule has 0 atom stereocenters. The fraction of sp³-hybridized carbons (Fsp3) is 0.176. The van der Waals surface area contributed by atoms with Gasteiger partial charge in [-0.25, -0.2) is 0 Å². The monoisotopic (exact) mass is 280 g/mol. The highest BCUT2D eigenvalue weighted by Gasteiger charge is 2.50. The molecule has 0 unspecified atom stereocenters. The molecule has 1 heterocycles. The molecular formula is C17H16N2O2. The van der Waals surface area contributed by atoms with Gasteiger partial charge < -0.3 is 10.3 Å². The van der Waals surface area contributed by atoms with Gasteiger partial charge in [0.15, 0.2) is 0 Å². The second-order valence-corrected chi connectivity index (χ2v) is 5.51. The second-order valence-electron chi connectivity index (χ2n) is 5.51. The molecule has 0 spiro atoms. The van der Waals surface area contributed by atoms with Crippen LogP contribution in [0.4, 0.5) is 0 Å². The maximum Gasteiger partial charge on any atom is 0.289 e. The fourth-order valence-electron chi connectivity index (χ4n) is 2.52. The van der Waals surface area contributed by atoms with Gasteiger partial charge in [-0.15, -0.1) is 0 Å². The Kier molecular flexibility index (Phi) is 3.11. The molecule has 4 heteroatoms. The lowest BCUT2D eigenvalue weighted by atomic mass is 10.1. The average Bonchev–Trinajstić information content (AvgIpc) is 2.69. The number of nitroso groups, excluding NO2 is 1. The fourth-order valence-corrected chi connectivity index (χ4v) is 2.52. The van der Waals surface area contributed by atoms with E-state index < -0.39 is 5.66 Å². The van der Waals surface area contributed by atoms with Crippen molar-refractivity contribution in [2.75, 3.05) is 0 Å². The lowest BCUT2D eigenvalue weighted by Crippen LogP contribution is -2.40. The summed E-state index contributed by atoms with van der Waals surface area (Å²) < 4.78 is 0.803. The molecule has 0 saturated carbocycles. The van der Waals surface area contributed by atoms with Crippen LogP contribution in [-0.4, -0.2) is 15.5 Å². The SMILES string of the molecule is CC1(C)N([O-])C(c2ccccc2)=C(c2ccccc2)[N+]1=O. The van der Waals surface area contributed by atoms with Crippen LogP contribution in [0.15, 0.2) is 60.7 Å². The predicted octanol–water partition coefficient (Wildman–Crippen LogP) is 3.84. The lowest BCUT2D eigenvalue weighted by molar-refractivity contribution is -0.549. The lowest BCUT2D eigenvalue weighted by Gasteiger charge is -2.33. The van der Waals surface area contributed by atoms with Crippen LogP contribution in [0.25, 0.3) is 11.4 Å². The topological polar surface area (TPSA) is 46.4 Å². The number of rotatable bonds is 2. The van der Waals surface area contributed by atoms with E-state index in [1.807, 2.05) is 60.7 Å². The first-order chi connectivity index (χ1) is 10.0. The highest BCUT2D eigenvalue weighted by atomic mass is 16.5. The minimum Gasteiger partial charge on any atom is -0.753 e. The van der Waals surface area contributed by atoms with Crippen LogP contribution in [0.1, 0.15) is 25.0 Å². The average molecular weight is 280 g/mol. The Morgan fingerprint density at radius 3 is 1.90 bits per heavy atom. The van der Waals surface area contributed by atoms with E-state index >= 15 is 0 Å². The zero-order chi connectivity index (χ0) is 15.0. The Hall–Kier alpha value is -2.46. The summed E-state index contributed by atoms with van der Waals surface area (Å²) in [4.78, 5) is 12.6. The molecular weight excluding hydrogens is 264 g/mol. The zero-order valence-electron chi connectivity index (χ0n) is 12.0. The first-order valence-electron chi connectivity index (χ1n) is 6.83. The Morgan fingerprint density at radius 1 is 0.905 bits per heavy atom. The van der Waals surface area contributed by atoms with Gasteiger partial charge in [0.25, 0.3) is 11.4 Å². The second kappa shape index (κ2) is 4.82. The van der Waals surface area contributed by atoms with E-state index in [0.717, 1.165) is 21.0 Å². The van der Waals surface area contributed by atoms with Crippen molar-refractivity contribution in [3.8, 4) is 0 Å². The highest BCUT2D eigenvalue weighted by Crippen LogP contribution is 2.42. The van der Waals surface area contributed by atoms with Crippen LogP contribution >= 0.6 is 0 Å². The molecule has 0 N–H and O–H groups in total. The van der Waals surface area contributed by atoms with Crippen LogP contribution < -0.4 is 0 Å². The third-order valence-corrected chi connectivity index (χ3v) is 3.72. The van der Waals surface area contributed by atoms with Crippen LogP contribution in [0.3, 0.4) is 0 Å². The van der Waals surface area contributed by atoms with E-state index in [1.165, 1.54) is 0 Å². The predicted molar refractivity (Wildman–Crippen MR) is 82.6 cm³/mol. The quantitative estimate of drug-likeness (QED) is 0.785. The summed E-state index contributed by atoms with van der Waals surface area (Å²) in [5, 5.41) is 13.4. The Labute approximate surface area is 123 Å². The minimum atomic E-state index is -1.16. The molecule has 2 aromatic rings. The molecule has 0 amide bonds. The Morgan fingerprint density at radius 2 is 1.38 bits per heavy atom. The normalized spacial score (nSPS) is 17.5. The van der Waals surface area contributed by atoms with Gasteiger partial charge in [0, 0.05) is 24.3 Å². The summed E-state index contributed by atoms with van der Waals surface area (Å²) in [5.74, 6) is 0. The van der Waals surface area contributed by atoms with E-state index in [0.29, 0.717) is 11.4 Å². The largest absolute Gasteiger partial charge is 0.753 e. The summed E-state index contributed by atoms with van der Waals surface area (Å²) >= 11 is 0. The van der Waals surface area contributed by atoms with Crippen molar-refractivity contribution >= 4 is 11.4 Å². The van der Waals surface area contributed by atoms with Crippen molar-refractivity contribution in [1.29, 1.82) is 0 Å². The van der Waals surface area contributed by atoms with Crippen molar-refractivity contribution in [3.63, 3.8) is 0 Å². The molecule has 0 radical (unpaired) electrons. The maximum absolute atomic E-state index is 12.6. The third-order valence-electron chi connectivity index (χ3n) is 3.72. The van der Waals surface area contributed by atoms with Gasteiger partial charge in [-0.2, -0.15) is 0 Å². The van der Waals surface area contributed by atoms with Gasteiger partial charge in [-0.1, -0.05) is 48.5 Å². The molecule has 0 aromatic heterocycles. The molecule has 0 saturated heterocycles. The Bertz CT molecular complexity index is 706. The van der Waals surface area contributed by atoms with Crippen LogP contribution in [0.5, 0.6) is 0 Å². The number of hydrogen-bond donors (Lipinski definition) is 0. The van der Waals surface area contributed by atoms with Crippen molar-refractivity contribution in [2.24, 2.45) is 0 Å². The number of hydrogen-bond acceptors (Lipinski definition) is 3. The number of benzene rings is 2. The van der Waals surface area contributed by atoms with E-state index in [1.54, 1.807) is 13.8 Å². The van der Waals surface area contributed by atoms with E-state index in [-0.39, 0.29) is 0 Å². The van der Waals surface area contributed by atoms with Crippen molar-refractivity contribution < 1.29 is 4.76 Å². The van der Waals surface area contributed by atoms with Crippen LogP contribution in [0, 0.1) is 10.1 Å². The summed E-state index contributed by atoms with van der Waals surface area (Å²) in [5.41, 5.74) is 1.18. The molecule has 0 aliphatic carbocycles. The van der Waals surface area contributed by atoms with E-state index in [9.17, 15) is 10.1 Å². The molecule has 4 nitrogen and oxygen atoms in total. The summed E-state index contributed by atoms with van der Waals surface area (Å²) in [7, 11) is 0. The summed E-state index contributed by atoms with van der Waals surface area (Å²) in [6.07, 6.45) is 0. The van der Waals surface area contributed by atoms with Gasteiger partial charge >= 0.3 is 0 Å². The van der Waals surface area contributed by atoms with Gasteiger partial charge in [-0.3, -0.25) is 0 Å². The van der Waals surface area contributed by atoms with E-state index in [2.05, 4.69) is 0 Å². The Balaban J connectivity index is 2.27. The maximum atomic E-state index is 12.6. The molecule has 0 bridgehead atoms. The van der Waals surface area contributed by atoms with Crippen molar-refractivity contribution in [1.82, 2.24) is 5.06 Å². The first-order valence-corrected chi connectivity index (χ1v) is 6.83. The summed E-state index contributed by atoms with van der Waals surface area (Å²) in [6.45, 7) is 3.26. The van der Waals surface area contributed by atoms with Crippen LogP contribution in [0.2, 0.25) is 0 Å². The molecule has 2 aromatic carbocycles. The van der Waals surface area contributed by atoms with Gasteiger partial charge in [0.1, 0.15) is 5.70 Å². The van der Waals surface area contributed by atoms with Gasteiger partial charge in [0.05, 0.1) is 10.3 Å². The van der Waals surface area contributed by atoms with E-state index in [4.69, 9.17) is 0 Å². The molecule has 0 fully saturated rings. The third kappa shape index (κ3) is 2.04. The standard InChI is InChI=1S/C17H16N2O2/c1-17(2)18(20)15(13-9-5-3-6-10-13)16(19(17)21)14-11-7-4-8-12-14/h3-12H,1-2H3. The van der Waals surface area contributed by atoms with Crippen molar-refractivity contribution in [3.05, 3.63) is 81.9 Å². The molecule has 106 valence electrons. The van der Waals surface area contributed by atoms with Gasteiger partial charge in [-0.05, 0) is 12.1 Å². The summed E-state index contributed by atoms with van der Waals surface area (Å²) in [6, 6.07) is 18.6. The molecule has 1 aliphatic rings. The molecule has 21 heavy (non-hydrogen) atoms. The van der Waals surface area contributed by atoms with Crippen molar-refractivity contribution in [2.45, 2.75) is 19.5 Å². The van der Waals surface area contributed by atoms with Gasteiger partial charge in [0.2, 0.25) is 0 Å². The number of nitrogens with zero attached hydrogens (tertiary/aromatic N) is 2. The van der Waals surface area contributed by atoms with Crippen LogP contribution in [-0.2, 0) is 0 Å². The smallest absolute Gasteiger partial charge is 0.289 e. The highest BCUT2D eigenvalue weighted by molar-refractivity contribution is 5.87. The number of hydroxylamine groups is 2. The molecule has 3 rings (SSSR count). The minimum absolute atomic E-state index is 0.418. The zero-order valence-corrected chi connectivity index (χ0v) is 12.0.